The van der Waals surface area contributed by atoms with Crippen molar-refractivity contribution in [2.45, 2.75) is 0 Å². The molecular weight excluding hydrogens is 216 g/mol. The molecule has 0 saturated heterocycles. The maximum Gasteiger partial charge on any atom is 5.00 e. The van der Waals surface area contributed by atoms with Gasteiger partial charge in [0, 0.05) is 0 Å². The van der Waals surface area contributed by atoms with Crippen LogP contribution in [-0.2, 0) is 17.1 Å². The van der Waals surface area contributed by atoms with Gasteiger partial charge in [0.2, 0.25) is 0 Å². The van der Waals surface area contributed by atoms with Crippen molar-refractivity contribution in [1.29, 1.82) is 31.9 Å². The zero-order chi connectivity index (χ0) is 12.0. The van der Waals surface area contributed by atoms with Crippen molar-refractivity contribution in [3.63, 3.8) is 0 Å². The summed E-state index contributed by atoms with van der Waals surface area (Å²) < 4.78 is 0. The predicted molar refractivity (Wildman–Crippen MR) is 30.9 cm³/mol. The summed E-state index contributed by atoms with van der Waals surface area (Å²) in [4.78, 5) is 7.50. The normalized spacial score (nSPS) is 1.08. The second-order valence-electron chi connectivity index (χ2n) is 0. The fraction of sp³-hybridized carbons (Fsp3) is 0. The minimum atomic E-state index is 0. The molecule has 0 aromatic heterocycles. The van der Waals surface area contributed by atoms with E-state index in [0.29, 0.717) is 0 Å². The zero-order valence-corrected chi connectivity index (χ0v) is 7.10. The zero-order valence-electron chi connectivity index (χ0n) is 6.00. The maximum atomic E-state index is 7.50. The first-order valence-electron chi connectivity index (χ1n) is 1.32. The average molecular weight is 217 g/mol. The third-order valence-corrected chi connectivity index (χ3v) is 0. The van der Waals surface area contributed by atoms with Gasteiger partial charge < -0.3 is 59.2 Å². The van der Waals surface area contributed by atoms with Crippen LogP contribution in [0.5, 0.6) is 0 Å². The van der Waals surface area contributed by atoms with Gasteiger partial charge in [0.05, 0.1) is 0 Å². The van der Waals surface area contributed by atoms with Crippen LogP contribution >= 0.6 is 0 Å². The van der Waals surface area contributed by atoms with Crippen molar-refractivity contribution < 1.29 is 17.1 Å². The van der Waals surface area contributed by atoms with Crippen LogP contribution in [-0.4, -0.2) is 0 Å². The molecule has 0 aliphatic heterocycles. The molecule has 1 radical (unpaired) electrons. The molecule has 0 spiro atoms. The molecule has 0 saturated carbocycles. The minimum absolute atomic E-state index is 0. The van der Waals surface area contributed by atoms with Crippen LogP contribution in [0.15, 0.2) is 0 Å². The maximum absolute atomic E-state index is 7.50. The van der Waals surface area contributed by atoms with E-state index >= 15 is 0 Å². The summed E-state index contributed by atoms with van der Waals surface area (Å²) in [5, 5.41) is 31.2. The van der Waals surface area contributed by atoms with E-state index in [9.17, 15) is 0 Å². The minimum Gasteiger partial charge on any atom is -0.512 e. The van der Waals surface area contributed by atoms with Gasteiger partial charge >= 0.3 is 17.1 Å². The van der Waals surface area contributed by atoms with Crippen molar-refractivity contribution in [3.8, 4) is 0 Å². The van der Waals surface area contributed by atoms with Gasteiger partial charge in [-0.25, -0.2) is 0 Å². The number of nitrogens with one attached hydrogen (secondary N) is 1. The van der Waals surface area contributed by atoms with E-state index in [1.165, 1.54) is 0 Å². The number of nitrogens with zero attached hydrogens (tertiary/aromatic N) is 5. The van der Waals surface area contributed by atoms with Crippen molar-refractivity contribution in [3.05, 3.63) is 37.8 Å². The van der Waals surface area contributed by atoms with Crippen LogP contribution in [0.2, 0.25) is 0 Å². The van der Waals surface area contributed by atoms with Gasteiger partial charge in [-0.1, -0.05) is 5.59 Å². The Labute approximate surface area is 87.3 Å². The van der Waals surface area contributed by atoms with Gasteiger partial charge in [-0.05, 0) is 0 Å². The second-order valence-corrected chi connectivity index (χ2v) is 0. The Morgan fingerprint density at radius 2 is 0.538 bits per heavy atom. The number of nitroso groups, excluding NO2 is 1. The molecule has 0 aliphatic carbocycles. The van der Waals surface area contributed by atoms with E-state index in [4.69, 9.17) is 64.1 Å². The summed E-state index contributed by atoms with van der Waals surface area (Å²) in [5.41, 5.74) is 4.50. The Morgan fingerprint density at radius 1 is 0.538 bits per heavy atom. The van der Waals surface area contributed by atoms with Gasteiger partial charge in [0.25, 0.3) is 0 Å². The molecular formula is C5HFeN6O. The van der Waals surface area contributed by atoms with E-state index < -0.39 is 0 Å². The third kappa shape index (κ3) is 92.8. The van der Waals surface area contributed by atoms with Crippen LogP contribution < -0.4 is 0 Å². The molecule has 0 atom stereocenters. The molecule has 65 valence electrons. The smallest absolute Gasteiger partial charge is 0.512 e. The van der Waals surface area contributed by atoms with Gasteiger partial charge in [-0.15, -0.1) is 0 Å². The summed E-state index contributed by atoms with van der Waals surface area (Å²) in [7, 11) is 0. The van der Waals surface area contributed by atoms with E-state index in [0.717, 1.165) is 0 Å². The predicted octanol–water partition coefficient (Wildman–Crippen LogP) is 0.811. The van der Waals surface area contributed by atoms with E-state index in [-0.39, 0.29) is 17.1 Å². The Hall–Kier alpha value is -2.43. The third-order valence-electron chi connectivity index (χ3n) is 0. The van der Waals surface area contributed by atoms with Crippen molar-refractivity contribution in [2.75, 3.05) is 0 Å². The van der Waals surface area contributed by atoms with Crippen molar-refractivity contribution >= 4 is 0 Å². The first-order valence-corrected chi connectivity index (χ1v) is 1.32. The molecule has 0 aromatic rings. The molecule has 0 aliphatic rings. The molecule has 1 N–H and O–H groups in total. The first kappa shape index (κ1) is 76.0. The van der Waals surface area contributed by atoms with Crippen molar-refractivity contribution in [2.24, 2.45) is 0 Å². The topological polar surface area (TPSA) is 160 Å². The molecule has 0 heterocycles. The van der Waals surface area contributed by atoms with Crippen LogP contribution in [0.4, 0.5) is 0 Å². The molecule has 0 fully saturated rings. The summed E-state index contributed by atoms with van der Waals surface area (Å²) in [6.45, 7) is 23.8. The molecule has 0 bridgehead atoms. The average Bonchev–Trinajstić information content (AvgIpc) is 2.33. The summed E-state index contributed by atoms with van der Waals surface area (Å²) in [6.07, 6.45) is 0. The molecule has 0 unspecified atom stereocenters. The molecule has 8 heteroatoms. The van der Waals surface area contributed by atoms with Crippen LogP contribution in [0.1, 0.15) is 0 Å². The number of hydrogen-bond donors (Lipinski definition) is 1. The van der Waals surface area contributed by atoms with E-state index in [1.54, 1.807) is 0 Å². The standard InChI is InChI=1S/5CN.Fe.HNO/c5*1-2;;1-2/h;;;;;;1H/q5*-1;+5;. The molecule has 0 rings (SSSR count). The quantitative estimate of drug-likeness (QED) is 0.358. The van der Waals surface area contributed by atoms with E-state index in [2.05, 4.69) is 5.59 Å². The molecule has 0 amide bonds. The number of hydrogen-bond acceptors (Lipinski definition) is 7. The van der Waals surface area contributed by atoms with Gasteiger partial charge in [0.15, 0.2) is 0 Å². The molecule has 0 aromatic carbocycles. The van der Waals surface area contributed by atoms with Crippen LogP contribution in [0.3, 0.4) is 0 Å². The SMILES string of the molecule is N=O.[C-]#N.[C-]#N.[C-]#N.[C-]#N.[C-]#N.[Fe+5]. The largest absolute Gasteiger partial charge is 5.00 e. The Kier molecular flexibility index (Phi) is 695. The van der Waals surface area contributed by atoms with Gasteiger partial charge in [0.1, 0.15) is 0 Å². The first-order chi connectivity index (χ1) is 6.00. The number of rotatable bonds is 0. The fourth-order valence-electron chi connectivity index (χ4n) is 0. The summed E-state index contributed by atoms with van der Waals surface area (Å²) in [6, 6.07) is 0. The Morgan fingerprint density at radius 3 is 0.538 bits per heavy atom. The van der Waals surface area contributed by atoms with Crippen LogP contribution in [0, 0.1) is 69.7 Å². The summed E-state index contributed by atoms with van der Waals surface area (Å²) >= 11 is 0. The Bertz CT molecular complexity index is 90.4. The summed E-state index contributed by atoms with van der Waals surface area (Å²) in [5.74, 6) is 0. The fourth-order valence-corrected chi connectivity index (χ4v) is 0. The van der Waals surface area contributed by atoms with Gasteiger partial charge in [-0.2, -0.15) is 4.91 Å². The Balaban J connectivity index is -0.00000000655. The van der Waals surface area contributed by atoms with E-state index in [1.807, 2.05) is 0 Å². The molecule has 7 nitrogen and oxygen atoms in total. The van der Waals surface area contributed by atoms with Gasteiger partial charge in [-0.3, -0.25) is 0 Å². The second kappa shape index (κ2) is 119. The van der Waals surface area contributed by atoms with Crippen molar-refractivity contribution in [1.82, 2.24) is 0 Å². The monoisotopic (exact) mass is 217 g/mol. The van der Waals surface area contributed by atoms with Crippen LogP contribution in [0.25, 0.3) is 0 Å². The molecule has 13 heavy (non-hydrogen) atoms.